The van der Waals surface area contributed by atoms with E-state index in [1.165, 1.54) is 0 Å². The third-order valence-electron chi connectivity index (χ3n) is 2.48. The van der Waals surface area contributed by atoms with Crippen LogP contribution in [-0.2, 0) is 0 Å². The van der Waals surface area contributed by atoms with Crippen LogP contribution in [0.5, 0.6) is 5.88 Å². The van der Waals surface area contributed by atoms with E-state index in [1.807, 2.05) is 45.0 Å². The molecule has 1 aromatic carbocycles. The maximum absolute atomic E-state index is 5.34. The van der Waals surface area contributed by atoms with Crippen molar-refractivity contribution in [1.82, 2.24) is 9.97 Å². The lowest BCUT2D eigenvalue weighted by Crippen LogP contribution is -2.00. The predicted molar refractivity (Wildman–Crippen MR) is 78.5 cm³/mol. The zero-order valence-electron chi connectivity index (χ0n) is 11.0. The molecule has 0 spiro atoms. The first-order valence-electron chi connectivity index (χ1n) is 5.84. The number of halogens is 1. The monoisotopic (exact) mass is 319 g/mol. The van der Waals surface area contributed by atoms with E-state index in [0.717, 1.165) is 21.4 Å². The summed E-state index contributed by atoms with van der Waals surface area (Å²) in [5, 5.41) is 4.09. The molecule has 1 aromatic heterocycles. The predicted octanol–water partition coefficient (Wildman–Crippen LogP) is 3.66. The summed E-state index contributed by atoms with van der Waals surface area (Å²) in [4.78, 5) is 13.7. The van der Waals surface area contributed by atoms with Crippen molar-refractivity contribution in [2.75, 3.05) is 0 Å². The number of nitrogens with zero attached hydrogens (tertiary/aromatic N) is 3. The fourth-order valence-electron chi connectivity index (χ4n) is 1.59. The molecule has 98 valence electrons. The summed E-state index contributed by atoms with van der Waals surface area (Å²) in [6.07, 6.45) is 0. The summed E-state index contributed by atoms with van der Waals surface area (Å²) < 4.78 is 1.03. The third-order valence-corrected chi connectivity index (χ3v) is 3.01. The van der Waals surface area contributed by atoms with Gasteiger partial charge in [-0.15, -0.1) is 0 Å². The van der Waals surface area contributed by atoms with Crippen LogP contribution >= 0.6 is 15.9 Å². The Kier molecular flexibility index (Phi) is 4.27. The van der Waals surface area contributed by atoms with Crippen molar-refractivity contribution in [3.05, 3.63) is 51.9 Å². The molecule has 0 atom stereocenters. The first kappa shape index (κ1) is 13.7. The summed E-state index contributed by atoms with van der Waals surface area (Å²) in [5.41, 5.74) is 2.66. The van der Waals surface area contributed by atoms with E-state index in [0.29, 0.717) is 11.7 Å². The van der Waals surface area contributed by atoms with Crippen molar-refractivity contribution in [2.45, 2.75) is 20.8 Å². The van der Waals surface area contributed by atoms with Gasteiger partial charge < -0.3 is 4.84 Å². The topological polar surface area (TPSA) is 47.4 Å². The highest BCUT2D eigenvalue weighted by Crippen LogP contribution is 2.13. The maximum Gasteiger partial charge on any atom is 0.252 e. The van der Waals surface area contributed by atoms with Gasteiger partial charge in [0.2, 0.25) is 0 Å². The molecular weight excluding hydrogens is 306 g/mol. The zero-order valence-corrected chi connectivity index (χ0v) is 12.6. The van der Waals surface area contributed by atoms with E-state index in [4.69, 9.17) is 4.84 Å². The molecule has 0 N–H and O–H groups in total. The first-order valence-corrected chi connectivity index (χ1v) is 6.64. The second kappa shape index (κ2) is 5.93. The fourth-order valence-corrected chi connectivity index (χ4v) is 1.85. The molecule has 0 saturated heterocycles. The van der Waals surface area contributed by atoms with Gasteiger partial charge in [0.25, 0.3) is 5.88 Å². The van der Waals surface area contributed by atoms with Crippen LogP contribution in [0.1, 0.15) is 24.0 Å². The maximum atomic E-state index is 5.34. The van der Waals surface area contributed by atoms with Crippen LogP contribution in [0.4, 0.5) is 0 Å². The molecule has 0 amide bonds. The van der Waals surface area contributed by atoms with Gasteiger partial charge in [-0.1, -0.05) is 33.2 Å². The van der Waals surface area contributed by atoms with Crippen molar-refractivity contribution in [3.8, 4) is 5.88 Å². The lowest BCUT2D eigenvalue weighted by Gasteiger charge is -2.03. The van der Waals surface area contributed by atoms with E-state index < -0.39 is 0 Å². The van der Waals surface area contributed by atoms with Crippen LogP contribution in [0.3, 0.4) is 0 Å². The van der Waals surface area contributed by atoms with Gasteiger partial charge in [-0.25, -0.2) is 4.98 Å². The number of benzene rings is 1. The lowest BCUT2D eigenvalue weighted by atomic mass is 10.1. The standard InChI is InChI=1S/C14H14BrN3O/c1-9-8-14(17-11(3)16-9)19-18-10(2)12-4-6-13(15)7-5-12/h4-8H,1-3H3. The zero-order chi connectivity index (χ0) is 13.8. The highest BCUT2D eigenvalue weighted by atomic mass is 79.9. The van der Waals surface area contributed by atoms with Gasteiger partial charge in [-0.3, -0.25) is 0 Å². The normalized spacial score (nSPS) is 11.5. The van der Waals surface area contributed by atoms with E-state index in [1.54, 1.807) is 6.07 Å². The van der Waals surface area contributed by atoms with Crippen LogP contribution in [-0.4, -0.2) is 15.7 Å². The van der Waals surface area contributed by atoms with Crippen molar-refractivity contribution in [3.63, 3.8) is 0 Å². The minimum Gasteiger partial charge on any atom is -0.336 e. The Hall–Kier alpha value is -1.75. The second-order valence-electron chi connectivity index (χ2n) is 4.17. The van der Waals surface area contributed by atoms with Crippen LogP contribution in [0, 0.1) is 13.8 Å². The molecule has 0 saturated carbocycles. The lowest BCUT2D eigenvalue weighted by molar-refractivity contribution is 0.325. The van der Waals surface area contributed by atoms with Gasteiger partial charge in [0.1, 0.15) is 5.82 Å². The molecule has 0 unspecified atom stereocenters. The summed E-state index contributed by atoms with van der Waals surface area (Å²) in [6.45, 7) is 5.61. The number of aromatic nitrogens is 2. The van der Waals surface area contributed by atoms with Crippen molar-refractivity contribution < 1.29 is 4.84 Å². The van der Waals surface area contributed by atoms with Gasteiger partial charge in [-0.05, 0) is 38.5 Å². The van der Waals surface area contributed by atoms with E-state index in [-0.39, 0.29) is 0 Å². The number of oxime groups is 1. The molecule has 0 radical (unpaired) electrons. The largest absolute Gasteiger partial charge is 0.336 e. The first-order chi connectivity index (χ1) is 9.04. The quantitative estimate of drug-likeness (QED) is 0.640. The van der Waals surface area contributed by atoms with Gasteiger partial charge in [0.05, 0.1) is 5.71 Å². The van der Waals surface area contributed by atoms with Gasteiger partial charge >= 0.3 is 0 Å². The summed E-state index contributed by atoms with van der Waals surface area (Å²) in [6, 6.07) is 9.64. The molecule has 0 aliphatic carbocycles. The van der Waals surface area contributed by atoms with Gasteiger partial charge in [0, 0.05) is 16.2 Å². The number of hydrogen-bond donors (Lipinski definition) is 0. The highest BCUT2D eigenvalue weighted by molar-refractivity contribution is 9.10. The van der Waals surface area contributed by atoms with Gasteiger partial charge in [-0.2, -0.15) is 4.98 Å². The molecule has 1 heterocycles. The molecule has 2 aromatic rings. The van der Waals surface area contributed by atoms with Crippen LogP contribution < -0.4 is 4.84 Å². The third kappa shape index (κ3) is 3.86. The van der Waals surface area contributed by atoms with E-state index in [9.17, 15) is 0 Å². The fraction of sp³-hybridized carbons (Fsp3) is 0.214. The van der Waals surface area contributed by atoms with Crippen LogP contribution in [0.15, 0.2) is 40.0 Å². The smallest absolute Gasteiger partial charge is 0.252 e. The summed E-state index contributed by atoms with van der Waals surface area (Å²) in [5.74, 6) is 1.13. The van der Waals surface area contributed by atoms with Crippen molar-refractivity contribution >= 4 is 21.6 Å². The molecule has 0 aliphatic heterocycles. The Morgan fingerprint density at radius 1 is 1.16 bits per heavy atom. The molecule has 4 nitrogen and oxygen atoms in total. The Balaban J connectivity index is 2.15. The summed E-state index contributed by atoms with van der Waals surface area (Å²) >= 11 is 3.40. The van der Waals surface area contributed by atoms with E-state index >= 15 is 0 Å². The van der Waals surface area contributed by atoms with Crippen LogP contribution in [0.25, 0.3) is 0 Å². The SMILES string of the molecule is CC(=NOc1cc(C)nc(C)n1)c1ccc(Br)cc1. The Bertz CT molecular complexity index is 588. The van der Waals surface area contributed by atoms with Gasteiger partial charge in [0.15, 0.2) is 0 Å². The molecule has 0 aliphatic rings. The van der Waals surface area contributed by atoms with Crippen molar-refractivity contribution in [2.24, 2.45) is 5.16 Å². The molecule has 0 fully saturated rings. The Morgan fingerprint density at radius 2 is 1.84 bits per heavy atom. The second-order valence-corrected chi connectivity index (χ2v) is 5.09. The minimum atomic E-state index is 0.460. The van der Waals surface area contributed by atoms with Crippen molar-refractivity contribution in [1.29, 1.82) is 0 Å². The van der Waals surface area contributed by atoms with E-state index in [2.05, 4.69) is 31.1 Å². The number of rotatable bonds is 3. The molecule has 5 heteroatoms. The average molecular weight is 320 g/mol. The molecule has 19 heavy (non-hydrogen) atoms. The molecule has 2 rings (SSSR count). The summed E-state index contributed by atoms with van der Waals surface area (Å²) in [7, 11) is 0. The number of hydrogen-bond acceptors (Lipinski definition) is 4. The number of aryl methyl sites for hydroxylation is 2. The highest BCUT2D eigenvalue weighted by Gasteiger charge is 2.01. The molecule has 0 bridgehead atoms. The average Bonchev–Trinajstić information content (AvgIpc) is 2.36. The molecular formula is C14H14BrN3O. The van der Waals surface area contributed by atoms with Crippen LogP contribution in [0.2, 0.25) is 0 Å². The Labute approximate surface area is 120 Å². The Morgan fingerprint density at radius 3 is 2.47 bits per heavy atom. The minimum absolute atomic E-state index is 0.460.